The van der Waals surface area contributed by atoms with Gasteiger partial charge in [-0.15, -0.1) is 0 Å². The zero-order valence-electron chi connectivity index (χ0n) is 10.6. The molecule has 1 aliphatic rings. The summed E-state index contributed by atoms with van der Waals surface area (Å²) in [6.07, 6.45) is 7.19. The predicted molar refractivity (Wildman–Crippen MR) is 69.1 cm³/mol. The van der Waals surface area contributed by atoms with Crippen LogP contribution in [0.25, 0.3) is 0 Å². The summed E-state index contributed by atoms with van der Waals surface area (Å²) in [6, 6.07) is 3.95. The minimum Gasteiger partial charge on any atom is -0.381 e. The molecule has 1 fully saturated rings. The standard InChI is InChI=1S/C14H20N2O2/c17-14(10-13-2-1-9-18-11-13)16-8-5-12-3-6-15-7-4-12/h3-4,6-7,13H,1-2,5,8-11H2,(H,16,17)/t13-/m0/s1. The smallest absolute Gasteiger partial charge is 0.220 e. The van der Waals surface area contributed by atoms with Crippen molar-refractivity contribution >= 4 is 5.91 Å². The van der Waals surface area contributed by atoms with E-state index in [0.717, 1.165) is 32.5 Å². The second kappa shape index (κ2) is 7.11. The van der Waals surface area contributed by atoms with E-state index < -0.39 is 0 Å². The van der Waals surface area contributed by atoms with Crippen LogP contribution < -0.4 is 5.32 Å². The van der Waals surface area contributed by atoms with Crippen molar-refractivity contribution in [3.8, 4) is 0 Å². The van der Waals surface area contributed by atoms with Gasteiger partial charge in [-0.1, -0.05) is 0 Å². The summed E-state index contributed by atoms with van der Waals surface area (Å²) < 4.78 is 5.37. The first-order chi connectivity index (χ1) is 8.84. The molecule has 1 saturated heterocycles. The van der Waals surface area contributed by atoms with Crippen LogP contribution in [0.1, 0.15) is 24.8 Å². The number of nitrogens with zero attached hydrogens (tertiary/aromatic N) is 1. The van der Waals surface area contributed by atoms with E-state index in [1.165, 1.54) is 5.56 Å². The Morgan fingerprint density at radius 2 is 2.28 bits per heavy atom. The van der Waals surface area contributed by atoms with Crippen molar-refractivity contribution in [1.29, 1.82) is 0 Å². The van der Waals surface area contributed by atoms with Crippen molar-refractivity contribution in [1.82, 2.24) is 10.3 Å². The SMILES string of the molecule is O=C(C[C@@H]1CCCOC1)NCCc1ccncc1. The second-order valence-electron chi connectivity index (χ2n) is 4.74. The maximum atomic E-state index is 11.7. The van der Waals surface area contributed by atoms with Gasteiger partial charge in [0.25, 0.3) is 0 Å². The Hall–Kier alpha value is -1.42. The monoisotopic (exact) mass is 248 g/mol. The van der Waals surface area contributed by atoms with Gasteiger partial charge in [-0.25, -0.2) is 0 Å². The lowest BCUT2D eigenvalue weighted by Crippen LogP contribution is -2.30. The Morgan fingerprint density at radius 3 is 3.00 bits per heavy atom. The zero-order chi connectivity index (χ0) is 12.6. The fourth-order valence-corrected chi connectivity index (χ4v) is 2.20. The fraction of sp³-hybridized carbons (Fsp3) is 0.571. The molecule has 1 aromatic heterocycles. The van der Waals surface area contributed by atoms with Gasteiger partial charge in [0, 0.05) is 38.6 Å². The Balaban J connectivity index is 1.62. The lowest BCUT2D eigenvalue weighted by Gasteiger charge is -2.21. The molecule has 1 aliphatic heterocycles. The van der Waals surface area contributed by atoms with Crippen LogP contribution >= 0.6 is 0 Å². The van der Waals surface area contributed by atoms with Crippen LogP contribution in [0.4, 0.5) is 0 Å². The van der Waals surface area contributed by atoms with Gasteiger partial charge in [-0.3, -0.25) is 9.78 Å². The largest absolute Gasteiger partial charge is 0.381 e. The average Bonchev–Trinajstić information content (AvgIpc) is 2.41. The molecule has 2 rings (SSSR count). The number of hydrogen-bond donors (Lipinski definition) is 1. The molecule has 0 aromatic carbocycles. The minimum absolute atomic E-state index is 0.138. The number of amides is 1. The number of carbonyl (C=O) groups excluding carboxylic acids is 1. The highest BCUT2D eigenvalue weighted by molar-refractivity contribution is 5.76. The van der Waals surface area contributed by atoms with Gasteiger partial charge in [0.1, 0.15) is 0 Å². The first-order valence-corrected chi connectivity index (χ1v) is 6.58. The third kappa shape index (κ3) is 4.45. The van der Waals surface area contributed by atoms with Crippen molar-refractivity contribution < 1.29 is 9.53 Å². The third-order valence-corrected chi connectivity index (χ3v) is 3.21. The lowest BCUT2D eigenvalue weighted by molar-refractivity contribution is -0.123. The number of pyridine rings is 1. The number of nitrogens with one attached hydrogen (secondary N) is 1. The highest BCUT2D eigenvalue weighted by atomic mass is 16.5. The maximum Gasteiger partial charge on any atom is 0.220 e. The van der Waals surface area contributed by atoms with Gasteiger partial charge >= 0.3 is 0 Å². The molecular weight excluding hydrogens is 228 g/mol. The molecule has 1 amide bonds. The van der Waals surface area contributed by atoms with Gasteiger partial charge in [-0.2, -0.15) is 0 Å². The van der Waals surface area contributed by atoms with Crippen molar-refractivity contribution in [2.24, 2.45) is 5.92 Å². The van der Waals surface area contributed by atoms with E-state index in [2.05, 4.69) is 10.3 Å². The number of rotatable bonds is 5. The highest BCUT2D eigenvalue weighted by Crippen LogP contribution is 2.16. The average molecular weight is 248 g/mol. The molecule has 1 aromatic rings. The van der Waals surface area contributed by atoms with Crippen LogP contribution in [-0.4, -0.2) is 30.6 Å². The van der Waals surface area contributed by atoms with Crippen LogP contribution in [0.3, 0.4) is 0 Å². The van der Waals surface area contributed by atoms with E-state index in [9.17, 15) is 4.79 Å². The maximum absolute atomic E-state index is 11.7. The number of aromatic nitrogens is 1. The van der Waals surface area contributed by atoms with Crippen molar-refractivity contribution in [2.75, 3.05) is 19.8 Å². The molecule has 4 heteroatoms. The number of ether oxygens (including phenoxy) is 1. The molecule has 98 valence electrons. The Morgan fingerprint density at radius 1 is 1.44 bits per heavy atom. The predicted octanol–water partition coefficient (Wildman–Crippen LogP) is 1.56. The molecule has 1 N–H and O–H groups in total. The van der Waals surface area contributed by atoms with E-state index in [-0.39, 0.29) is 5.91 Å². The van der Waals surface area contributed by atoms with E-state index in [1.807, 2.05) is 12.1 Å². The number of hydrogen-bond acceptors (Lipinski definition) is 3. The first kappa shape index (κ1) is 13.0. The molecule has 0 radical (unpaired) electrons. The van der Waals surface area contributed by atoms with Crippen LogP contribution in [0.15, 0.2) is 24.5 Å². The quantitative estimate of drug-likeness (QED) is 0.860. The Kier molecular flexibility index (Phi) is 5.15. The highest BCUT2D eigenvalue weighted by Gasteiger charge is 2.17. The van der Waals surface area contributed by atoms with Gasteiger partial charge in [0.05, 0.1) is 0 Å². The summed E-state index contributed by atoms with van der Waals surface area (Å²) in [7, 11) is 0. The third-order valence-electron chi connectivity index (χ3n) is 3.21. The summed E-state index contributed by atoms with van der Waals surface area (Å²) in [5.74, 6) is 0.541. The topological polar surface area (TPSA) is 51.2 Å². The van der Waals surface area contributed by atoms with Crippen molar-refractivity contribution in [3.63, 3.8) is 0 Å². The summed E-state index contributed by atoms with van der Waals surface area (Å²) in [5, 5.41) is 2.96. The molecular formula is C14H20N2O2. The summed E-state index contributed by atoms with van der Waals surface area (Å²) in [4.78, 5) is 15.7. The van der Waals surface area contributed by atoms with Gasteiger partial charge in [0.2, 0.25) is 5.91 Å². The second-order valence-corrected chi connectivity index (χ2v) is 4.74. The van der Waals surface area contributed by atoms with E-state index in [4.69, 9.17) is 4.74 Å². The fourth-order valence-electron chi connectivity index (χ4n) is 2.20. The van der Waals surface area contributed by atoms with Crippen molar-refractivity contribution in [3.05, 3.63) is 30.1 Å². The van der Waals surface area contributed by atoms with Crippen molar-refractivity contribution in [2.45, 2.75) is 25.7 Å². The molecule has 0 spiro atoms. The van der Waals surface area contributed by atoms with E-state index in [0.29, 0.717) is 18.9 Å². The zero-order valence-corrected chi connectivity index (χ0v) is 10.6. The Labute approximate surface area is 108 Å². The summed E-state index contributed by atoms with van der Waals surface area (Å²) in [5.41, 5.74) is 1.20. The van der Waals surface area contributed by atoms with Crippen LogP contribution in [-0.2, 0) is 16.0 Å². The van der Waals surface area contributed by atoms with Gasteiger partial charge in [-0.05, 0) is 42.9 Å². The lowest BCUT2D eigenvalue weighted by atomic mass is 9.98. The first-order valence-electron chi connectivity index (χ1n) is 6.58. The molecule has 18 heavy (non-hydrogen) atoms. The molecule has 0 bridgehead atoms. The molecule has 1 atom stereocenters. The summed E-state index contributed by atoms with van der Waals surface area (Å²) in [6.45, 7) is 2.27. The van der Waals surface area contributed by atoms with E-state index >= 15 is 0 Å². The molecule has 0 saturated carbocycles. The van der Waals surface area contributed by atoms with Crippen LogP contribution in [0.2, 0.25) is 0 Å². The van der Waals surface area contributed by atoms with Gasteiger partial charge in [0.15, 0.2) is 0 Å². The normalized spacial score (nSPS) is 19.4. The molecule has 0 aliphatic carbocycles. The Bertz CT molecular complexity index is 361. The van der Waals surface area contributed by atoms with Crippen LogP contribution in [0, 0.1) is 5.92 Å². The van der Waals surface area contributed by atoms with Crippen LogP contribution in [0.5, 0.6) is 0 Å². The molecule has 2 heterocycles. The molecule has 0 unspecified atom stereocenters. The van der Waals surface area contributed by atoms with E-state index in [1.54, 1.807) is 12.4 Å². The summed E-state index contributed by atoms with van der Waals surface area (Å²) >= 11 is 0. The number of carbonyl (C=O) groups is 1. The minimum atomic E-state index is 0.138. The molecule has 4 nitrogen and oxygen atoms in total. The van der Waals surface area contributed by atoms with Gasteiger partial charge < -0.3 is 10.1 Å².